The first-order valence-corrected chi connectivity index (χ1v) is 10.6. The van der Waals surface area contributed by atoms with Crippen molar-refractivity contribution >= 4 is 17.0 Å². The van der Waals surface area contributed by atoms with Crippen LogP contribution in [0.1, 0.15) is 56.1 Å². The number of aromatic amines is 1. The maximum absolute atomic E-state index is 12.4. The van der Waals surface area contributed by atoms with Crippen molar-refractivity contribution in [1.82, 2.24) is 19.5 Å². The highest BCUT2D eigenvalue weighted by molar-refractivity contribution is 5.81. The molecule has 1 aromatic carbocycles. The van der Waals surface area contributed by atoms with Gasteiger partial charge in [-0.05, 0) is 68.2 Å². The fraction of sp³-hybridized carbons (Fsp3) is 0.500. The van der Waals surface area contributed by atoms with Gasteiger partial charge in [0.05, 0.1) is 11.0 Å². The predicted molar refractivity (Wildman–Crippen MR) is 113 cm³/mol. The first-order chi connectivity index (χ1) is 14.4. The number of hydrogen-bond donors (Lipinski definition) is 2. The van der Waals surface area contributed by atoms with Gasteiger partial charge >= 0.3 is 11.7 Å². The number of unbranched alkanes of at least 4 members (excludes halogenated alkanes) is 3. The van der Waals surface area contributed by atoms with Crippen molar-refractivity contribution in [3.8, 4) is 11.5 Å². The Hall–Kier alpha value is -3.03. The third-order valence-electron chi connectivity index (χ3n) is 5.79. The van der Waals surface area contributed by atoms with Gasteiger partial charge < -0.3 is 9.67 Å². The van der Waals surface area contributed by atoms with E-state index in [9.17, 15) is 14.4 Å². The quantitative estimate of drug-likeness (QED) is 0.414. The van der Waals surface area contributed by atoms with E-state index in [4.69, 9.17) is 5.11 Å². The minimum absolute atomic E-state index is 0.169. The van der Waals surface area contributed by atoms with Crippen molar-refractivity contribution in [3.63, 3.8) is 0 Å². The van der Waals surface area contributed by atoms with Crippen LogP contribution in [0.15, 0.2) is 21.7 Å². The Morgan fingerprint density at radius 2 is 1.93 bits per heavy atom. The van der Waals surface area contributed by atoms with Gasteiger partial charge in [0.15, 0.2) is 11.5 Å². The van der Waals surface area contributed by atoms with Gasteiger partial charge in [0.1, 0.15) is 0 Å². The highest BCUT2D eigenvalue weighted by Crippen LogP contribution is 2.34. The summed E-state index contributed by atoms with van der Waals surface area (Å²) in [6, 6.07) is 4.15. The number of rotatable bonds is 9. The summed E-state index contributed by atoms with van der Waals surface area (Å²) in [5.74, 6) is 0.273. The molecule has 0 amide bonds. The number of aromatic nitrogens is 4. The van der Waals surface area contributed by atoms with E-state index < -0.39 is 17.2 Å². The molecule has 8 nitrogen and oxygen atoms in total. The Kier molecular flexibility index (Phi) is 5.65. The number of carboxylic acid groups (broad SMARTS) is 1. The molecule has 3 aliphatic rings. The molecule has 2 heterocycles. The third-order valence-corrected chi connectivity index (χ3v) is 5.79. The lowest BCUT2D eigenvalue weighted by molar-refractivity contribution is -0.137. The summed E-state index contributed by atoms with van der Waals surface area (Å²) < 4.78 is 1.93. The van der Waals surface area contributed by atoms with Crippen LogP contribution in [0.5, 0.6) is 0 Å². The van der Waals surface area contributed by atoms with E-state index in [2.05, 4.69) is 27.9 Å². The average molecular weight is 410 g/mol. The fourth-order valence-corrected chi connectivity index (χ4v) is 3.97. The maximum Gasteiger partial charge on any atom is 0.349 e. The number of fused-ring (bicyclic) bond motifs is 2. The van der Waals surface area contributed by atoms with Gasteiger partial charge in [-0.1, -0.05) is 12.8 Å². The van der Waals surface area contributed by atoms with E-state index in [1.165, 1.54) is 18.4 Å². The van der Waals surface area contributed by atoms with Crippen molar-refractivity contribution in [2.75, 3.05) is 0 Å². The van der Waals surface area contributed by atoms with Crippen LogP contribution in [-0.4, -0.2) is 30.6 Å². The second-order valence-electron chi connectivity index (χ2n) is 8.28. The van der Waals surface area contributed by atoms with Crippen LogP contribution >= 0.6 is 0 Å². The summed E-state index contributed by atoms with van der Waals surface area (Å²) in [5, 5.41) is 8.77. The van der Waals surface area contributed by atoms with E-state index in [-0.39, 0.29) is 12.1 Å². The van der Waals surface area contributed by atoms with Gasteiger partial charge in [0.2, 0.25) is 0 Å². The monoisotopic (exact) mass is 410 g/mol. The smallest absolute Gasteiger partial charge is 0.349 e. The van der Waals surface area contributed by atoms with Gasteiger partial charge in [0.25, 0.3) is 5.56 Å². The van der Waals surface area contributed by atoms with Crippen LogP contribution in [0.3, 0.4) is 0 Å². The normalized spacial score (nSPS) is 13.9. The SMILES string of the molecule is Cc1cc2nc3c(=O)[nH]c(=O)nc-3n(CCCCCCC(=O)O)c2cc1CC1CC1. The van der Waals surface area contributed by atoms with Gasteiger partial charge in [0, 0.05) is 13.0 Å². The Bertz CT molecular complexity index is 1180. The zero-order valence-electron chi connectivity index (χ0n) is 17.1. The second kappa shape index (κ2) is 8.38. The number of nitrogens with one attached hydrogen (secondary N) is 1. The van der Waals surface area contributed by atoms with E-state index in [1.807, 2.05) is 10.6 Å². The molecule has 1 aliphatic carbocycles. The average Bonchev–Trinajstić information content (AvgIpc) is 3.49. The number of H-pyrrole nitrogens is 1. The molecule has 8 heteroatoms. The van der Waals surface area contributed by atoms with Gasteiger partial charge in [-0.3, -0.25) is 14.6 Å². The van der Waals surface area contributed by atoms with Crippen LogP contribution < -0.4 is 11.2 Å². The molecule has 0 spiro atoms. The largest absolute Gasteiger partial charge is 0.481 e. The molecule has 1 saturated carbocycles. The second-order valence-corrected chi connectivity index (χ2v) is 8.28. The molecule has 158 valence electrons. The number of nitrogens with zero attached hydrogens (tertiary/aromatic N) is 3. The summed E-state index contributed by atoms with van der Waals surface area (Å²) in [5.41, 5.74) is 3.00. The van der Waals surface area contributed by atoms with Crippen LogP contribution in [-0.2, 0) is 17.8 Å². The standard InChI is InChI=1S/C22H26N4O4/c1-13-10-16-17(12-15(13)11-14-7-8-14)26(9-5-3-2-4-6-18(27)28)20-19(23-16)21(29)25-22(30)24-20/h10,12,14H,2-9,11H2,1H3,(H,27,28)(H,25,29,30). The molecule has 2 aliphatic heterocycles. The number of carbonyl (C=O) groups is 1. The van der Waals surface area contributed by atoms with Crippen molar-refractivity contribution in [2.45, 2.75) is 64.8 Å². The van der Waals surface area contributed by atoms with Crippen LogP contribution in [0.25, 0.3) is 22.6 Å². The summed E-state index contributed by atoms with van der Waals surface area (Å²) in [7, 11) is 0. The molecule has 0 unspecified atom stereocenters. The van der Waals surface area contributed by atoms with Crippen molar-refractivity contribution < 1.29 is 9.90 Å². The number of hydrogen-bond acceptors (Lipinski definition) is 5. The highest BCUT2D eigenvalue weighted by atomic mass is 16.4. The molecule has 1 fully saturated rings. The topological polar surface area (TPSA) is 118 Å². The molecule has 1 aromatic rings. The van der Waals surface area contributed by atoms with Crippen LogP contribution in [0.2, 0.25) is 0 Å². The summed E-state index contributed by atoms with van der Waals surface area (Å²) >= 11 is 0. The molecular formula is C22H26N4O4. The summed E-state index contributed by atoms with van der Waals surface area (Å²) in [6.07, 6.45) is 6.86. The van der Waals surface area contributed by atoms with E-state index >= 15 is 0 Å². The lowest BCUT2D eigenvalue weighted by Gasteiger charge is -2.18. The van der Waals surface area contributed by atoms with E-state index in [0.717, 1.165) is 48.2 Å². The predicted octanol–water partition coefficient (Wildman–Crippen LogP) is 2.88. The van der Waals surface area contributed by atoms with E-state index in [1.54, 1.807) is 0 Å². The maximum atomic E-state index is 12.4. The fourth-order valence-electron chi connectivity index (χ4n) is 3.97. The summed E-state index contributed by atoms with van der Waals surface area (Å²) in [6.45, 7) is 2.66. The van der Waals surface area contributed by atoms with Gasteiger partial charge in [-0.25, -0.2) is 9.78 Å². The minimum Gasteiger partial charge on any atom is -0.481 e. The first kappa shape index (κ1) is 20.3. The number of carboxylic acids is 1. The first-order valence-electron chi connectivity index (χ1n) is 10.6. The van der Waals surface area contributed by atoms with Gasteiger partial charge in [-0.15, -0.1) is 0 Å². The van der Waals surface area contributed by atoms with Crippen LogP contribution in [0.4, 0.5) is 0 Å². The molecule has 0 aromatic heterocycles. The highest BCUT2D eigenvalue weighted by Gasteiger charge is 2.24. The molecule has 0 bridgehead atoms. The van der Waals surface area contributed by atoms with Crippen LogP contribution in [0, 0.1) is 12.8 Å². The van der Waals surface area contributed by atoms with Crippen molar-refractivity contribution in [3.05, 3.63) is 44.1 Å². The Morgan fingerprint density at radius 1 is 1.17 bits per heavy atom. The molecule has 0 saturated heterocycles. The number of benzene rings is 1. The Balaban J connectivity index is 1.71. The molecule has 4 rings (SSSR count). The molecule has 0 atom stereocenters. The molecule has 2 N–H and O–H groups in total. The minimum atomic E-state index is -0.777. The molecular weight excluding hydrogens is 384 g/mol. The molecule has 30 heavy (non-hydrogen) atoms. The third kappa shape index (κ3) is 4.42. The Morgan fingerprint density at radius 3 is 2.67 bits per heavy atom. The van der Waals surface area contributed by atoms with Gasteiger partial charge in [-0.2, -0.15) is 4.98 Å². The lowest BCUT2D eigenvalue weighted by Crippen LogP contribution is -2.29. The summed E-state index contributed by atoms with van der Waals surface area (Å²) in [4.78, 5) is 45.7. The zero-order chi connectivity index (χ0) is 21.3. The zero-order valence-corrected chi connectivity index (χ0v) is 17.1. The number of aliphatic carboxylic acids is 1. The number of aryl methyl sites for hydroxylation is 2. The van der Waals surface area contributed by atoms with Crippen molar-refractivity contribution in [1.29, 1.82) is 0 Å². The molecule has 0 radical (unpaired) electrons. The van der Waals surface area contributed by atoms with Crippen molar-refractivity contribution in [2.24, 2.45) is 5.92 Å². The van der Waals surface area contributed by atoms with E-state index in [0.29, 0.717) is 18.8 Å². The lowest BCUT2D eigenvalue weighted by atomic mass is 10.0. The Labute approximate surface area is 173 Å².